The number of imidazole rings is 1. The normalized spacial score (nSPS) is 10.6. The molecule has 4 rings (SSSR count). The minimum Gasteiger partial charge on any atom is -0.459 e. The van der Waals surface area contributed by atoms with Gasteiger partial charge in [-0.1, -0.05) is 0 Å². The highest BCUT2D eigenvalue weighted by Gasteiger charge is 2.09. The number of rotatable bonds is 5. The Bertz CT molecular complexity index is 1040. The fraction of sp³-hybridized carbons (Fsp3) is 0.0526. The number of aromatic nitrogens is 4. The predicted molar refractivity (Wildman–Crippen MR) is 97.1 cm³/mol. The summed E-state index contributed by atoms with van der Waals surface area (Å²) < 4.78 is 12.7. The number of ether oxygens (including phenoxy) is 1. The molecule has 4 aromatic rings. The quantitative estimate of drug-likeness (QED) is 0.583. The van der Waals surface area contributed by atoms with Crippen LogP contribution in [0.2, 0.25) is 0 Å². The molecule has 27 heavy (non-hydrogen) atoms. The lowest BCUT2D eigenvalue weighted by Crippen LogP contribution is -2.10. The van der Waals surface area contributed by atoms with Crippen LogP contribution in [0.25, 0.3) is 5.82 Å². The second-order valence-electron chi connectivity index (χ2n) is 5.64. The SMILES string of the molecule is Cc1nc(Oc2ccc(NC(=O)c3ccco3)cc2)cc(-n2ccnc2)n1. The van der Waals surface area contributed by atoms with E-state index in [0.717, 1.165) is 0 Å². The molecule has 0 radical (unpaired) electrons. The number of hydrogen-bond acceptors (Lipinski definition) is 6. The van der Waals surface area contributed by atoms with Crippen molar-refractivity contribution in [1.29, 1.82) is 0 Å². The topological polar surface area (TPSA) is 95.1 Å². The Kier molecular flexibility index (Phi) is 4.36. The number of carbonyl (C=O) groups excluding carboxylic acids is 1. The molecule has 8 heteroatoms. The highest BCUT2D eigenvalue weighted by molar-refractivity contribution is 6.02. The van der Waals surface area contributed by atoms with Gasteiger partial charge in [-0.2, -0.15) is 4.98 Å². The van der Waals surface area contributed by atoms with Crippen LogP contribution in [0.4, 0.5) is 5.69 Å². The average Bonchev–Trinajstić information content (AvgIpc) is 3.37. The molecule has 1 aromatic carbocycles. The Morgan fingerprint density at radius 3 is 2.74 bits per heavy atom. The summed E-state index contributed by atoms with van der Waals surface area (Å²) in [4.78, 5) is 24.7. The molecule has 0 spiro atoms. The first-order chi connectivity index (χ1) is 13.2. The number of anilines is 1. The highest BCUT2D eigenvalue weighted by atomic mass is 16.5. The van der Waals surface area contributed by atoms with Crippen molar-refractivity contribution in [2.24, 2.45) is 0 Å². The van der Waals surface area contributed by atoms with E-state index in [1.165, 1.54) is 6.26 Å². The van der Waals surface area contributed by atoms with Gasteiger partial charge in [0.25, 0.3) is 5.91 Å². The zero-order valence-electron chi connectivity index (χ0n) is 14.4. The van der Waals surface area contributed by atoms with Crippen LogP contribution in [0.1, 0.15) is 16.4 Å². The van der Waals surface area contributed by atoms with Crippen molar-refractivity contribution >= 4 is 11.6 Å². The smallest absolute Gasteiger partial charge is 0.291 e. The zero-order valence-corrected chi connectivity index (χ0v) is 14.4. The number of benzene rings is 1. The van der Waals surface area contributed by atoms with Gasteiger partial charge < -0.3 is 14.5 Å². The van der Waals surface area contributed by atoms with Crippen LogP contribution < -0.4 is 10.1 Å². The predicted octanol–water partition coefficient (Wildman–Crippen LogP) is 3.61. The zero-order chi connectivity index (χ0) is 18.6. The summed E-state index contributed by atoms with van der Waals surface area (Å²) in [5.74, 6) is 2.18. The van der Waals surface area contributed by atoms with Gasteiger partial charge in [-0.3, -0.25) is 9.36 Å². The van der Waals surface area contributed by atoms with Gasteiger partial charge in [-0.05, 0) is 43.3 Å². The van der Waals surface area contributed by atoms with Crippen LogP contribution in [0.5, 0.6) is 11.6 Å². The largest absolute Gasteiger partial charge is 0.459 e. The Balaban J connectivity index is 1.48. The van der Waals surface area contributed by atoms with E-state index in [9.17, 15) is 4.79 Å². The van der Waals surface area contributed by atoms with Gasteiger partial charge in [-0.25, -0.2) is 9.97 Å². The number of carbonyl (C=O) groups is 1. The molecule has 0 aliphatic carbocycles. The van der Waals surface area contributed by atoms with Gasteiger partial charge in [0.15, 0.2) is 5.76 Å². The van der Waals surface area contributed by atoms with Crippen LogP contribution in [0, 0.1) is 6.92 Å². The van der Waals surface area contributed by atoms with Crippen molar-refractivity contribution in [3.05, 3.63) is 79.0 Å². The fourth-order valence-electron chi connectivity index (χ4n) is 2.43. The molecule has 0 saturated carbocycles. The first-order valence-corrected chi connectivity index (χ1v) is 8.14. The molecule has 0 atom stereocenters. The fourth-order valence-corrected chi connectivity index (χ4v) is 2.43. The minimum atomic E-state index is -0.315. The van der Waals surface area contributed by atoms with Gasteiger partial charge in [0.2, 0.25) is 5.88 Å². The molecule has 0 aliphatic heterocycles. The third-order valence-electron chi connectivity index (χ3n) is 3.65. The number of furan rings is 1. The molecule has 0 fully saturated rings. The second kappa shape index (κ2) is 7.12. The van der Waals surface area contributed by atoms with Crippen LogP contribution >= 0.6 is 0 Å². The van der Waals surface area contributed by atoms with Crippen molar-refractivity contribution in [3.63, 3.8) is 0 Å². The number of aryl methyl sites for hydroxylation is 1. The van der Waals surface area contributed by atoms with Gasteiger partial charge in [-0.15, -0.1) is 0 Å². The lowest BCUT2D eigenvalue weighted by molar-refractivity contribution is 0.0996. The van der Waals surface area contributed by atoms with E-state index in [4.69, 9.17) is 9.15 Å². The number of hydrogen-bond donors (Lipinski definition) is 1. The van der Waals surface area contributed by atoms with E-state index in [1.807, 2.05) is 0 Å². The van der Waals surface area contributed by atoms with Gasteiger partial charge in [0, 0.05) is 24.1 Å². The van der Waals surface area contributed by atoms with Gasteiger partial charge in [0.05, 0.1) is 6.26 Å². The molecule has 134 valence electrons. The van der Waals surface area contributed by atoms with E-state index < -0.39 is 0 Å². The van der Waals surface area contributed by atoms with E-state index in [0.29, 0.717) is 29.0 Å². The first kappa shape index (κ1) is 16.5. The van der Waals surface area contributed by atoms with Crippen LogP contribution in [-0.4, -0.2) is 25.4 Å². The van der Waals surface area contributed by atoms with Crippen molar-refractivity contribution in [3.8, 4) is 17.4 Å². The third-order valence-corrected chi connectivity index (χ3v) is 3.65. The Morgan fingerprint density at radius 1 is 1.19 bits per heavy atom. The molecular formula is C19H15N5O3. The molecule has 8 nitrogen and oxygen atoms in total. The summed E-state index contributed by atoms with van der Waals surface area (Å²) in [7, 11) is 0. The van der Waals surface area contributed by atoms with Crippen molar-refractivity contribution < 1.29 is 13.9 Å². The highest BCUT2D eigenvalue weighted by Crippen LogP contribution is 2.23. The molecule has 3 heterocycles. The molecule has 3 aromatic heterocycles. The summed E-state index contributed by atoms with van der Waals surface area (Å²) in [6.07, 6.45) is 6.57. The van der Waals surface area contributed by atoms with Crippen molar-refractivity contribution in [2.75, 3.05) is 5.32 Å². The Labute approximate surface area is 154 Å². The first-order valence-electron chi connectivity index (χ1n) is 8.14. The Hall–Kier alpha value is -3.94. The summed E-state index contributed by atoms with van der Waals surface area (Å²) in [5, 5.41) is 2.75. The molecule has 1 N–H and O–H groups in total. The van der Waals surface area contributed by atoms with E-state index in [1.54, 1.807) is 72.7 Å². The third kappa shape index (κ3) is 3.84. The summed E-state index contributed by atoms with van der Waals surface area (Å²) in [5.41, 5.74) is 0.627. The van der Waals surface area contributed by atoms with E-state index >= 15 is 0 Å². The number of nitrogens with zero attached hydrogens (tertiary/aromatic N) is 4. The molecule has 0 aliphatic rings. The number of amides is 1. The molecule has 1 amide bonds. The molecule has 0 unspecified atom stereocenters. The molecular weight excluding hydrogens is 346 g/mol. The van der Waals surface area contributed by atoms with Crippen LogP contribution in [-0.2, 0) is 0 Å². The van der Waals surface area contributed by atoms with Crippen LogP contribution in [0.3, 0.4) is 0 Å². The maximum atomic E-state index is 12.0. The molecule has 0 saturated heterocycles. The standard InChI is InChI=1S/C19H15N5O3/c1-13-21-17(24-9-8-20-12-24)11-18(22-13)27-15-6-4-14(5-7-15)23-19(25)16-3-2-10-26-16/h2-12H,1H3,(H,23,25). The lowest BCUT2D eigenvalue weighted by Gasteiger charge is -2.09. The number of nitrogens with one attached hydrogen (secondary N) is 1. The monoisotopic (exact) mass is 361 g/mol. The maximum Gasteiger partial charge on any atom is 0.291 e. The van der Waals surface area contributed by atoms with Gasteiger partial charge >= 0.3 is 0 Å². The summed E-state index contributed by atoms with van der Waals surface area (Å²) >= 11 is 0. The molecule has 0 bridgehead atoms. The second-order valence-corrected chi connectivity index (χ2v) is 5.64. The Morgan fingerprint density at radius 2 is 2.04 bits per heavy atom. The van der Waals surface area contributed by atoms with Crippen molar-refractivity contribution in [1.82, 2.24) is 19.5 Å². The average molecular weight is 361 g/mol. The van der Waals surface area contributed by atoms with Gasteiger partial charge in [0.1, 0.15) is 23.7 Å². The minimum absolute atomic E-state index is 0.249. The lowest BCUT2D eigenvalue weighted by atomic mass is 10.3. The maximum absolute atomic E-state index is 12.0. The van der Waals surface area contributed by atoms with E-state index in [-0.39, 0.29) is 11.7 Å². The summed E-state index contributed by atoms with van der Waals surface area (Å²) in [6.45, 7) is 1.79. The van der Waals surface area contributed by atoms with E-state index in [2.05, 4.69) is 20.3 Å². The van der Waals surface area contributed by atoms with Crippen molar-refractivity contribution in [2.45, 2.75) is 6.92 Å². The summed E-state index contributed by atoms with van der Waals surface area (Å²) in [6, 6.07) is 11.9. The van der Waals surface area contributed by atoms with Crippen LogP contribution in [0.15, 0.2) is 71.9 Å².